The van der Waals surface area contributed by atoms with Gasteiger partial charge in [0.05, 0.1) is 13.2 Å². The number of carbonyl (C=O) groups excluding carboxylic acids is 2. The third kappa shape index (κ3) is 7.77. The lowest BCUT2D eigenvalue weighted by atomic mass is 9.94. The van der Waals surface area contributed by atoms with Crippen LogP contribution in [0.15, 0.2) is 78.2 Å². The molecule has 0 aliphatic heterocycles. The quantitative estimate of drug-likeness (QED) is 0.349. The second-order valence-corrected chi connectivity index (χ2v) is 10.1. The molecule has 0 saturated heterocycles. The average molecular weight is 491 g/mol. The predicted molar refractivity (Wildman–Crippen MR) is 140 cm³/mol. The van der Waals surface area contributed by atoms with Crippen molar-refractivity contribution >= 4 is 23.2 Å². The second-order valence-electron chi connectivity index (χ2n) is 9.11. The summed E-state index contributed by atoms with van der Waals surface area (Å²) >= 11 is 1.65. The Morgan fingerprint density at radius 3 is 2.14 bits per heavy atom. The topological polar surface area (TPSA) is 49.9 Å². The van der Waals surface area contributed by atoms with E-state index in [9.17, 15) is 9.59 Å². The standard InChI is InChI=1S/C29H34N2O3S/c32-28(30(20-27-17-10-18-35-27)19-24-11-4-1-5-12-24)21-31(26-15-8-3-9-16-26)29(33)23-34-22-25-13-6-2-7-14-25/h1-2,4-7,10-14,17-18,26H,3,8-9,15-16,19-23H2. The maximum atomic E-state index is 13.6. The third-order valence-corrected chi connectivity index (χ3v) is 7.34. The van der Waals surface area contributed by atoms with E-state index in [1.165, 1.54) is 6.42 Å². The van der Waals surface area contributed by atoms with Gasteiger partial charge in [0.15, 0.2) is 0 Å². The monoisotopic (exact) mass is 490 g/mol. The number of carbonyl (C=O) groups is 2. The highest BCUT2D eigenvalue weighted by Crippen LogP contribution is 2.24. The van der Waals surface area contributed by atoms with Crippen LogP contribution in [0.5, 0.6) is 0 Å². The minimum absolute atomic E-state index is 0.0116. The Kier molecular flexibility index (Phi) is 9.49. The molecule has 0 atom stereocenters. The molecule has 1 aliphatic rings. The van der Waals surface area contributed by atoms with Gasteiger partial charge in [0.1, 0.15) is 13.2 Å². The van der Waals surface area contributed by atoms with E-state index in [1.807, 2.05) is 77.0 Å². The van der Waals surface area contributed by atoms with Crippen LogP contribution in [0, 0.1) is 0 Å². The Hall–Kier alpha value is -2.96. The van der Waals surface area contributed by atoms with Crippen molar-refractivity contribution in [2.45, 2.75) is 57.8 Å². The zero-order valence-electron chi connectivity index (χ0n) is 20.2. The molecule has 35 heavy (non-hydrogen) atoms. The van der Waals surface area contributed by atoms with Crippen LogP contribution in [-0.2, 0) is 34.0 Å². The summed E-state index contributed by atoms with van der Waals surface area (Å²) in [6.45, 7) is 1.54. The molecule has 0 radical (unpaired) electrons. The summed E-state index contributed by atoms with van der Waals surface area (Å²) in [6, 6.07) is 24.0. The van der Waals surface area contributed by atoms with E-state index in [4.69, 9.17) is 4.74 Å². The molecule has 1 fully saturated rings. The summed E-state index contributed by atoms with van der Waals surface area (Å²) < 4.78 is 5.76. The van der Waals surface area contributed by atoms with Crippen LogP contribution < -0.4 is 0 Å². The molecule has 3 aromatic rings. The summed E-state index contributed by atoms with van der Waals surface area (Å²) in [7, 11) is 0. The first kappa shape index (κ1) is 25.1. The molecule has 2 aromatic carbocycles. The Bertz CT molecular complexity index is 1030. The van der Waals surface area contributed by atoms with Crippen molar-refractivity contribution in [1.82, 2.24) is 9.80 Å². The summed E-state index contributed by atoms with van der Waals surface area (Å²) in [4.78, 5) is 31.7. The molecular formula is C29H34N2O3S. The molecule has 6 heteroatoms. The number of benzene rings is 2. The highest BCUT2D eigenvalue weighted by Gasteiger charge is 2.29. The molecule has 0 spiro atoms. The van der Waals surface area contributed by atoms with Crippen molar-refractivity contribution in [2.75, 3.05) is 13.2 Å². The lowest BCUT2D eigenvalue weighted by Gasteiger charge is -2.35. The lowest BCUT2D eigenvalue weighted by molar-refractivity contribution is -0.147. The molecule has 4 rings (SSSR count). The van der Waals surface area contributed by atoms with E-state index in [2.05, 4.69) is 6.07 Å². The zero-order valence-corrected chi connectivity index (χ0v) is 21.0. The highest BCUT2D eigenvalue weighted by atomic mass is 32.1. The average Bonchev–Trinajstić information content (AvgIpc) is 3.42. The number of amides is 2. The normalized spacial score (nSPS) is 13.9. The predicted octanol–water partition coefficient (Wildman–Crippen LogP) is 5.66. The maximum absolute atomic E-state index is 13.6. The van der Waals surface area contributed by atoms with Gasteiger partial charge in [-0.15, -0.1) is 11.3 Å². The largest absolute Gasteiger partial charge is 0.367 e. The molecule has 0 N–H and O–H groups in total. The van der Waals surface area contributed by atoms with Crippen molar-refractivity contribution < 1.29 is 14.3 Å². The Labute approximate surface area is 212 Å². The fraction of sp³-hybridized carbons (Fsp3) is 0.379. The Morgan fingerprint density at radius 2 is 1.49 bits per heavy atom. The van der Waals surface area contributed by atoms with E-state index in [0.29, 0.717) is 19.7 Å². The van der Waals surface area contributed by atoms with E-state index in [0.717, 1.165) is 41.7 Å². The molecule has 1 aliphatic carbocycles. The van der Waals surface area contributed by atoms with Crippen LogP contribution in [0.4, 0.5) is 0 Å². The van der Waals surface area contributed by atoms with Gasteiger partial charge in [0.2, 0.25) is 11.8 Å². The lowest BCUT2D eigenvalue weighted by Crippen LogP contribution is -2.49. The summed E-state index contributed by atoms with van der Waals surface area (Å²) in [6.07, 6.45) is 5.27. The smallest absolute Gasteiger partial charge is 0.249 e. The number of hydrogen-bond acceptors (Lipinski definition) is 4. The van der Waals surface area contributed by atoms with Gasteiger partial charge < -0.3 is 14.5 Å². The first-order valence-electron chi connectivity index (χ1n) is 12.4. The van der Waals surface area contributed by atoms with Crippen molar-refractivity contribution in [1.29, 1.82) is 0 Å². The van der Waals surface area contributed by atoms with Gasteiger partial charge in [-0.2, -0.15) is 0 Å². The van der Waals surface area contributed by atoms with Crippen LogP contribution in [-0.4, -0.2) is 40.8 Å². The van der Waals surface area contributed by atoms with Crippen LogP contribution in [0.1, 0.15) is 48.1 Å². The number of rotatable bonds is 11. The van der Waals surface area contributed by atoms with Crippen LogP contribution in [0.25, 0.3) is 0 Å². The van der Waals surface area contributed by atoms with Gasteiger partial charge >= 0.3 is 0 Å². The molecule has 184 valence electrons. The fourth-order valence-corrected chi connectivity index (χ4v) is 5.32. The molecule has 0 unspecified atom stereocenters. The summed E-state index contributed by atoms with van der Waals surface area (Å²) in [5.41, 5.74) is 2.12. The highest BCUT2D eigenvalue weighted by molar-refractivity contribution is 7.09. The van der Waals surface area contributed by atoms with Crippen LogP contribution in [0.3, 0.4) is 0 Å². The fourth-order valence-electron chi connectivity index (χ4n) is 4.60. The van der Waals surface area contributed by atoms with E-state index < -0.39 is 0 Å². The zero-order chi connectivity index (χ0) is 24.3. The third-order valence-electron chi connectivity index (χ3n) is 6.47. The summed E-state index contributed by atoms with van der Waals surface area (Å²) in [5, 5.41) is 2.03. The summed E-state index contributed by atoms with van der Waals surface area (Å²) in [5.74, 6) is -0.124. The van der Waals surface area contributed by atoms with Gasteiger partial charge in [-0.1, -0.05) is 86.0 Å². The van der Waals surface area contributed by atoms with Gasteiger partial charge in [0.25, 0.3) is 0 Å². The van der Waals surface area contributed by atoms with Gasteiger partial charge in [-0.25, -0.2) is 0 Å². The number of hydrogen-bond donors (Lipinski definition) is 0. The minimum Gasteiger partial charge on any atom is -0.367 e. The first-order valence-corrected chi connectivity index (χ1v) is 13.3. The first-order chi connectivity index (χ1) is 17.2. The number of thiophene rings is 1. The van der Waals surface area contributed by atoms with Crippen molar-refractivity contribution in [3.63, 3.8) is 0 Å². The van der Waals surface area contributed by atoms with E-state index in [1.54, 1.807) is 16.2 Å². The number of nitrogens with zero attached hydrogens (tertiary/aromatic N) is 2. The number of ether oxygens (including phenoxy) is 1. The Morgan fingerprint density at radius 1 is 0.800 bits per heavy atom. The van der Waals surface area contributed by atoms with Crippen molar-refractivity contribution in [3.05, 3.63) is 94.2 Å². The molecule has 1 saturated carbocycles. The maximum Gasteiger partial charge on any atom is 0.249 e. The molecule has 2 amide bonds. The Balaban J connectivity index is 1.44. The SMILES string of the molecule is O=C(CN(C(=O)COCc1ccccc1)C1CCCCC1)N(Cc1ccccc1)Cc1cccs1. The molecule has 1 aromatic heterocycles. The van der Waals surface area contributed by atoms with Crippen LogP contribution in [0.2, 0.25) is 0 Å². The minimum atomic E-state index is -0.100. The molecule has 1 heterocycles. The van der Waals surface area contributed by atoms with E-state index >= 15 is 0 Å². The second kappa shape index (κ2) is 13.2. The molecule has 5 nitrogen and oxygen atoms in total. The van der Waals surface area contributed by atoms with Gasteiger partial charge in [0, 0.05) is 17.5 Å². The van der Waals surface area contributed by atoms with Crippen LogP contribution >= 0.6 is 11.3 Å². The van der Waals surface area contributed by atoms with Gasteiger partial charge in [-0.05, 0) is 35.4 Å². The van der Waals surface area contributed by atoms with Crippen molar-refractivity contribution in [2.24, 2.45) is 0 Å². The van der Waals surface area contributed by atoms with Gasteiger partial charge in [-0.3, -0.25) is 9.59 Å². The van der Waals surface area contributed by atoms with E-state index in [-0.39, 0.29) is 31.0 Å². The van der Waals surface area contributed by atoms with Crippen molar-refractivity contribution in [3.8, 4) is 0 Å². The molecular weight excluding hydrogens is 456 g/mol. The molecule has 0 bridgehead atoms.